The van der Waals surface area contributed by atoms with Crippen molar-refractivity contribution in [2.24, 2.45) is 4.99 Å². The average Bonchev–Trinajstić information content (AvgIpc) is 3.26. The van der Waals surface area contributed by atoms with Crippen molar-refractivity contribution in [3.05, 3.63) is 128 Å². The molecule has 6 nitrogen and oxygen atoms in total. The summed E-state index contributed by atoms with van der Waals surface area (Å²) in [5.41, 5.74) is 3.03. The summed E-state index contributed by atoms with van der Waals surface area (Å²) in [6.45, 7) is 2.18. The average molecular weight is 703 g/mol. The summed E-state index contributed by atoms with van der Waals surface area (Å²) in [6, 6.07) is 20.0. The number of thiazole rings is 1. The van der Waals surface area contributed by atoms with Crippen molar-refractivity contribution in [1.29, 1.82) is 0 Å². The van der Waals surface area contributed by atoms with Crippen molar-refractivity contribution < 1.29 is 14.3 Å². The predicted molar refractivity (Wildman–Crippen MR) is 164 cm³/mol. The first-order valence-electron chi connectivity index (χ1n) is 12.4. The molecule has 40 heavy (non-hydrogen) atoms. The highest BCUT2D eigenvalue weighted by molar-refractivity contribution is 9.11. The van der Waals surface area contributed by atoms with E-state index in [1.807, 2.05) is 73.7 Å². The third-order valence-electron chi connectivity index (χ3n) is 6.42. The number of fused-ring (bicyclic) bond motifs is 1. The van der Waals surface area contributed by atoms with Crippen LogP contribution in [0.5, 0.6) is 5.75 Å². The van der Waals surface area contributed by atoms with Gasteiger partial charge in [-0.05, 0) is 52.2 Å². The van der Waals surface area contributed by atoms with Gasteiger partial charge in [0.05, 0.1) is 33.4 Å². The molecule has 0 saturated carbocycles. The van der Waals surface area contributed by atoms with Crippen molar-refractivity contribution in [2.45, 2.75) is 26.0 Å². The maximum Gasteiger partial charge on any atom is 0.338 e. The van der Waals surface area contributed by atoms with Gasteiger partial charge in [0, 0.05) is 20.6 Å². The molecule has 0 aliphatic carbocycles. The fraction of sp³-hybridized carbons (Fsp3) is 0.167. The number of benzene rings is 3. The predicted octanol–water partition coefficient (Wildman–Crippen LogP) is 6.56. The van der Waals surface area contributed by atoms with Crippen LogP contribution in [-0.2, 0) is 16.1 Å². The Kier molecular flexibility index (Phi) is 8.75. The Bertz CT molecular complexity index is 1820. The molecule has 3 aromatic carbocycles. The zero-order valence-electron chi connectivity index (χ0n) is 21.5. The van der Waals surface area contributed by atoms with Gasteiger partial charge in [-0.1, -0.05) is 94.3 Å². The molecular weight excluding hydrogens is 680 g/mol. The van der Waals surface area contributed by atoms with Gasteiger partial charge < -0.3 is 9.47 Å². The fourth-order valence-corrected chi connectivity index (χ4v) is 7.14. The molecule has 0 radical (unpaired) electrons. The lowest BCUT2D eigenvalue weighted by Crippen LogP contribution is -2.40. The van der Waals surface area contributed by atoms with Crippen molar-refractivity contribution in [3.8, 4) is 5.75 Å². The number of carbonyl (C=O) groups excluding carboxylic acids is 1. The summed E-state index contributed by atoms with van der Waals surface area (Å²) >= 11 is 14.8. The van der Waals surface area contributed by atoms with Crippen LogP contribution in [0.3, 0.4) is 0 Å². The lowest BCUT2D eigenvalue weighted by Gasteiger charge is -2.25. The summed E-state index contributed by atoms with van der Waals surface area (Å²) < 4.78 is 14.9. The highest BCUT2D eigenvalue weighted by Gasteiger charge is 2.33. The second-order valence-corrected chi connectivity index (χ2v) is 12.1. The van der Waals surface area contributed by atoms with E-state index in [1.54, 1.807) is 10.6 Å². The first-order valence-corrected chi connectivity index (χ1v) is 15.1. The molecule has 1 aromatic heterocycles. The molecule has 0 amide bonds. The molecule has 2 heterocycles. The van der Waals surface area contributed by atoms with E-state index in [2.05, 4.69) is 31.9 Å². The summed E-state index contributed by atoms with van der Waals surface area (Å²) in [5.74, 6) is 0.0629. The van der Waals surface area contributed by atoms with Crippen LogP contribution in [0.25, 0.3) is 6.08 Å². The third-order valence-corrected chi connectivity index (χ3v) is 8.82. The molecule has 1 aliphatic rings. The van der Waals surface area contributed by atoms with Crippen LogP contribution in [0.2, 0.25) is 5.02 Å². The van der Waals surface area contributed by atoms with Crippen LogP contribution >= 0.6 is 54.8 Å². The molecule has 0 spiro atoms. The first kappa shape index (κ1) is 28.5. The van der Waals surface area contributed by atoms with Gasteiger partial charge in [-0.2, -0.15) is 0 Å². The maximum atomic E-state index is 14.0. The number of ether oxygens (including phenoxy) is 2. The lowest BCUT2D eigenvalue weighted by molar-refractivity contribution is -0.136. The Labute approximate surface area is 256 Å². The summed E-state index contributed by atoms with van der Waals surface area (Å²) in [7, 11) is 1.34. The maximum absolute atomic E-state index is 14.0. The molecule has 1 atom stereocenters. The highest BCUT2D eigenvalue weighted by Crippen LogP contribution is 2.35. The number of hydrogen-bond donors (Lipinski definition) is 0. The van der Waals surface area contributed by atoms with E-state index in [1.165, 1.54) is 18.4 Å². The van der Waals surface area contributed by atoms with Crippen molar-refractivity contribution >= 4 is 66.8 Å². The Morgan fingerprint density at radius 1 is 1.12 bits per heavy atom. The van der Waals surface area contributed by atoms with Crippen LogP contribution in [0, 0.1) is 0 Å². The van der Waals surface area contributed by atoms with Gasteiger partial charge in [-0.3, -0.25) is 9.36 Å². The van der Waals surface area contributed by atoms with Gasteiger partial charge in [0.1, 0.15) is 12.4 Å². The van der Waals surface area contributed by atoms with Gasteiger partial charge >= 0.3 is 5.97 Å². The van der Waals surface area contributed by atoms with E-state index in [9.17, 15) is 9.59 Å². The zero-order chi connectivity index (χ0) is 28.4. The molecule has 10 heteroatoms. The number of aromatic nitrogens is 1. The minimum Gasteiger partial charge on any atom is -0.487 e. The van der Waals surface area contributed by atoms with Gasteiger partial charge in [-0.25, -0.2) is 9.79 Å². The quantitative estimate of drug-likeness (QED) is 0.205. The first-order chi connectivity index (χ1) is 19.3. The molecule has 0 fully saturated rings. The Hall–Kier alpha value is -2.98. The molecule has 0 saturated heterocycles. The number of rotatable bonds is 7. The summed E-state index contributed by atoms with van der Waals surface area (Å²) in [5, 5.41) is 0.611. The van der Waals surface area contributed by atoms with Gasteiger partial charge in [0.25, 0.3) is 5.56 Å². The number of halogens is 3. The topological polar surface area (TPSA) is 69.9 Å². The van der Waals surface area contributed by atoms with Crippen molar-refractivity contribution in [2.75, 3.05) is 7.11 Å². The van der Waals surface area contributed by atoms with E-state index >= 15 is 0 Å². The van der Waals surface area contributed by atoms with Crippen molar-refractivity contribution in [3.63, 3.8) is 0 Å². The van der Waals surface area contributed by atoms with Gasteiger partial charge in [0.2, 0.25) is 0 Å². The standard InChI is InChI=1S/C30H23Br2ClN2O4S/c1-3-23-25(29(37)38-2)26(17-9-5-4-6-10-17)35-28(36)24(40-30(35)34-23)14-19-13-20(31)15-21(32)27(19)39-16-18-11-7-8-12-22(18)33/h4-15,26H,3,16H2,1-2H3/b24-14+/t26-/m1/s1. The summed E-state index contributed by atoms with van der Waals surface area (Å²) in [6.07, 6.45) is 2.30. The minimum atomic E-state index is -0.660. The monoisotopic (exact) mass is 700 g/mol. The minimum absolute atomic E-state index is 0.248. The second kappa shape index (κ2) is 12.3. The number of methoxy groups -OCH3 is 1. The number of nitrogens with zero attached hydrogens (tertiary/aromatic N) is 2. The molecular formula is C30H23Br2ClN2O4S. The van der Waals surface area contributed by atoms with Crippen LogP contribution in [0.4, 0.5) is 0 Å². The highest BCUT2D eigenvalue weighted by atomic mass is 79.9. The molecule has 4 aromatic rings. The number of esters is 1. The Morgan fingerprint density at radius 2 is 1.85 bits per heavy atom. The van der Waals surface area contributed by atoms with Gasteiger partial charge in [-0.15, -0.1) is 0 Å². The molecule has 1 aliphatic heterocycles. The molecule has 204 valence electrons. The van der Waals surface area contributed by atoms with Crippen LogP contribution in [0.1, 0.15) is 36.1 Å². The normalized spacial score (nSPS) is 15.0. The molecule has 0 bridgehead atoms. The van der Waals surface area contributed by atoms with E-state index in [4.69, 9.17) is 26.1 Å². The largest absolute Gasteiger partial charge is 0.487 e. The van der Waals surface area contributed by atoms with E-state index in [0.717, 1.165) is 20.1 Å². The smallest absolute Gasteiger partial charge is 0.338 e. The van der Waals surface area contributed by atoms with E-state index in [-0.39, 0.29) is 12.2 Å². The zero-order valence-corrected chi connectivity index (χ0v) is 26.2. The molecule has 0 unspecified atom stereocenters. The lowest BCUT2D eigenvalue weighted by atomic mass is 9.95. The van der Waals surface area contributed by atoms with Crippen LogP contribution in [0.15, 0.2) is 96.7 Å². The molecule has 5 rings (SSSR count). The second-order valence-electron chi connectivity index (χ2n) is 8.88. The van der Waals surface area contributed by atoms with Crippen LogP contribution < -0.4 is 19.6 Å². The fourth-order valence-electron chi connectivity index (χ4n) is 4.56. The Morgan fingerprint density at radius 3 is 2.55 bits per heavy atom. The number of allylic oxidation sites excluding steroid dienone is 1. The van der Waals surface area contributed by atoms with E-state index in [0.29, 0.717) is 43.4 Å². The number of hydrogen-bond acceptors (Lipinski definition) is 6. The van der Waals surface area contributed by atoms with E-state index < -0.39 is 12.0 Å². The molecule has 0 N–H and O–H groups in total. The SMILES string of the molecule is CCC1=C(C(=O)OC)[C@@H](c2ccccc2)n2c(s/c(=C/c3cc(Br)cc(Br)c3OCc3ccccc3Cl)c2=O)=N1. The van der Waals surface area contributed by atoms with Gasteiger partial charge in [0.15, 0.2) is 4.80 Å². The van der Waals surface area contributed by atoms with Crippen LogP contribution in [-0.4, -0.2) is 17.6 Å². The van der Waals surface area contributed by atoms with Crippen molar-refractivity contribution in [1.82, 2.24) is 4.57 Å². The Balaban J connectivity index is 1.67. The summed E-state index contributed by atoms with van der Waals surface area (Å²) in [4.78, 5) is 32.2. The number of carbonyl (C=O) groups is 1. The third kappa shape index (κ3) is 5.61.